The Morgan fingerprint density at radius 2 is 2.22 bits per heavy atom. The first-order chi connectivity index (χ1) is 11.2. The van der Waals surface area contributed by atoms with Crippen LogP contribution < -0.4 is 10.6 Å². The van der Waals surface area contributed by atoms with Gasteiger partial charge in [-0.3, -0.25) is 4.68 Å². The van der Waals surface area contributed by atoms with Crippen LogP contribution in [0.1, 0.15) is 24.8 Å². The number of carbonyl (C=O) groups excluding carboxylic acids is 1. The molecular formula is C17H22N4O2. The molecule has 0 spiro atoms. The number of para-hydroxylation sites is 1. The highest BCUT2D eigenvalue weighted by Gasteiger charge is 2.15. The summed E-state index contributed by atoms with van der Waals surface area (Å²) in [5.74, 6) is 0. The second-order valence-corrected chi connectivity index (χ2v) is 5.83. The number of amides is 2. The highest BCUT2D eigenvalue weighted by Crippen LogP contribution is 2.16. The van der Waals surface area contributed by atoms with E-state index in [1.54, 1.807) is 6.20 Å². The van der Waals surface area contributed by atoms with Gasteiger partial charge in [-0.2, -0.15) is 5.10 Å². The van der Waals surface area contributed by atoms with Crippen molar-refractivity contribution in [2.45, 2.75) is 38.8 Å². The number of carbonyl (C=O) groups is 1. The molecule has 1 unspecified atom stereocenters. The van der Waals surface area contributed by atoms with Crippen LogP contribution in [0, 0.1) is 6.92 Å². The summed E-state index contributed by atoms with van der Waals surface area (Å²) in [6.45, 7) is 3.51. The number of urea groups is 1. The van der Waals surface area contributed by atoms with Crippen LogP contribution in [0.15, 0.2) is 36.7 Å². The lowest BCUT2D eigenvalue weighted by molar-refractivity contribution is 0.00401. The molecule has 0 aliphatic carbocycles. The van der Waals surface area contributed by atoms with Crippen molar-refractivity contribution in [2.24, 2.45) is 0 Å². The van der Waals surface area contributed by atoms with Crippen molar-refractivity contribution in [3.63, 3.8) is 0 Å². The van der Waals surface area contributed by atoms with Crippen LogP contribution in [-0.4, -0.2) is 28.5 Å². The molecule has 1 aliphatic heterocycles. The van der Waals surface area contributed by atoms with E-state index in [-0.39, 0.29) is 12.1 Å². The quantitative estimate of drug-likeness (QED) is 0.908. The van der Waals surface area contributed by atoms with Gasteiger partial charge in [0.15, 0.2) is 0 Å². The van der Waals surface area contributed by atoms with E-state index in [1.165, 1.54) is 6.42 Å². The van der Waals surface area contributed by atoms with Gasteiger partial charge >= 0.3 is 6.03 Å². The van der Waals surface area contributed by atoms with Gasteiger partial charge in [-0.1, -0.05) is 18.2 Å². The molecule has 0 saturated carbocycles. The van der Waals surface area contributed by atoms with E-state index in [0.717, 1.165) is 37.2 Å². The van der Waals surface area contributed by atoms with E-state index in [9.17, 15) is 4.79 Å². The third kappa shape index (κ3) is 4.32. The van der Waals surface area contributed by atoms with Gasteiger partial charge in [-0.05, 0) is 37.8 Å². The summed E-state index contributed by atoms with van der Waals surface area (Å²) >= 11 is 0. The fraction of sp³-hybridized carbons (Fsp3) is 0.412. The van der Waals surface area contributed by atoms with E-state index >= 15 is 0 Å². The number of ether oxygens (including phenoxy) is 1. The number of aromatic nitrogens is 2. The number of nitrogens with one attached hydrogen (secondary N) is 2. The molecule has 1 aliphatic rings. The molecule has 2 N–H and O–H groups in total. The predicted octanol–water partition coefficient (Wildman–Crippen LogP) is 3.40. The van der Waals surface area contributed by atoms with Crippen LogP contribution in [0.5, 0.6) is 0 Å². The largest absolute Gasteiger partial charge is 0.376 e. The van der Waals surface area contributed by atoms with Crippen molar-refractivity contribution in [1.29, 1.82) is 0 Å². The zero-order valence-electron chi connectivity index (χ0n) is 13.3. The lowest BCUT2D eigenvalue weighted by Gasteiger charge is -2.22. The normalized spacial score (nSPS) is 17.7. The summed E-state index contributed by atoms with van der Waals surface area (Å²) in [4.78, 5) is 12.0. The number of benzene rings is 1. The van der Waals surface area contributed by atoms with Gasteiger partial charge in [-0.25, -0.2) is 4.79 Å². The predicted molar refractivity (Wildman–Crippen MR) is 89.6 cm³/mol. The topological polar surface area (TPSA) is 68.2 Å². The van der Waals surface area contributed by atoms with Crippen molar-refractivity contribution < 1.29 is 9.53 Å². The van der Waals surface area contributed by atoms with E-state index in [2.05, 4.69) is 15.7 Å². The minimum absolute atomic E-state index is 0.220. The molecule has 6 heteroatoms. The van der Waals surface area contributed by atoms with Gasteiger partial charge in [0.1, 0.15) is 0 Å². The van der Waals surface area contributed by atoms with Gasteiger partial charge in [0.25, 0.3) is 0 Å². The van der Waals surface area contributed by atoms with Crippen molar-refractivity contribution in [1.82, 2.24) is 9.78 Å². The number of hydrogen-bond donors (Lipinski definition) is 2. The highest BCUT2D eigenvalue weighted by atomic mass is 16.5. The standard InChI is InChI=1S/C17H22N4O2/c1-13-6-2-3-8-16(13)20-17(22)19-14-10-18-21(11-14)12-15-7-4-5-9-23-15/h2-3,6,8,10-11,15H,4-5,7,9,12H2,1H3,(H2,19,20,22). The highest BCUT2D eigenvalue weighted by molar-refractivity contribution is 6.00. The molecule has 0 radical (unpaired) electrons. The average molecular weight is 314 g/mol. The van der Waals surface area contributed by atoms with Crippen LogP contribution in [0.2, 0.25) is 0 Å². The molecule has 122 valence electrons. The maximum atomic E-state index is 12.0. The second kappa shape index (κ2) is 7.28. The minimum Gasteiger partial charge on any atom is -0.376 e. The summed E-state index contributed by atoms with van der Waals surface area (Å²) in [7, 11) is 0. The molecule has 1 fully saturated rings. The lowest BCUT2D eigenvalue weighted by Crippen LogP contribution is -2.24. The van der Waals surface area contributed by atoms with Gasteiger partial charge < -0.3 is 15.4 Å². The first kappa shape index (κ1) is 15.6. The van der Waals surface area contributed by atoms with Crippen molar-refractivity contribution in [3.05, 3.63) is 42.2 Å². The van der Waals surface area contributed by atoms with Crippen LogP contribution in [0.25, 0.3) is 0 Å². The van der Waals surface area contributed by atoms with Crippen LogP contribution in [0.4, 0.5) is 16.2 Å². The molecule has 3 rings (SSSR count). The van der Waals surface area contributed by atoms with Crippen molar-refractivity contribution in [2.75, 3.05) is 17.2 Å². The average Bonchev–Trinajstić information content (AvgIpc) is 2.97. The Bertz CT molecular complexity index is 662. The zero-order chi connectivity index (χ0) is 16.1. The number of aryl methyl sites for hydroxylation is 1. The SMILES string of the molecule is Cc1ccccc1NC(=O)Nc1cnn(CC2CCCCO2)c1. The number of nitrogens with zero attached hydrogens (tertiary/aromatic N) is 2. The summed E-state index contributed by atoms with van der Waals surface area (Å²) in [5, 5.41) is 9.92. The Balaban J connectivity index is 1.54. The van der Waals surface area contributed by atoms with Crippen LogP contribution in [0.3, 0.4) is 0 Å². The van der Waals surface area contributed by atoms with Gasteiger partial charge in [0.2, 0.25) is 0 Å². The Labute approximate surface area is 135 Å². The maximum absolute atomic E-state index is 12.0. The van der Waals surface area contributed by atoms with E-state index in [1.807, 2.05) is 42.1 Å². The Kier molecular flexibility index (Phi) is 4.92. The maximum Gasteiger partial charge on any atom is 0.323 e. The Morgan fingerprint density at radius 3 is 3.00 bits per heavy atom. The Hall–Kier alpha value is -2.34. The van der Waals surface area contributed by atoms with Crippen molar-refractivity contribution in [3.8, 4) is 0 Å². The zero-order valence-corrected chi connectivity index (χ0v) is 13.3. The molecule has 1 aromatic carbocycles. The molecule has 23 heavy (non-hydrogen) atoms. The first-order valence-corrected chi connectivity index (χ1v) is 7.98. The van der Waals surface area contributed by atoms with E-state index < -0.39 is 0 Å². The first-order valence-electron chi connectivity index (χ1n) is 7.98. The summed E-state index contributed by atoms with van der Waals surface area (Å²) < 4.78 is 7.52. The smallest absolute Gasteiger partial charge is 0.323 e. The summed E-state index contributed by atoms with van der Waals surface area (Å²) in [6.07, 6.45) is 7.11. The lowest BCUT2D eigenvalue weighted by atomic mass is 10.1. The third-order valence-corrected chi connectivity index (χ3v) is 3.95. The van der Waals surface area contributed by atoms with E-state index in [4.69, 9.17) is 4.74 Å². The molecule has 2 heterocycles. The van der Waals surface area contributed by atoms with Gasteiger partial charge in [0.05, 0.1) is 24.5 Å². The molecule has 1 saturated heterocycles. The second-order valence-electron chi connectivity index (χ2n) is 5.83. The minimum atomic E-state index is -0.271. The molecular weight excluding hydrogens is 292 g/mol. The fourth-order valence-corrected chi connectivity index (χ4v) is 2.69. The van der Waals surface area contributed by atoms with E-state index in [0.29, 0.717) is 5.69 Å². The van der Waals surface area contributed by atoms with Crippen LogP contribution >= 0.6 is 0 Å². The monoisotopic (exact) mass is 314 g/mol. The molecule has 0 bridgehead atoms. The molecule has 2 amide bonds. The molecule has 1 atom stereocenters. The Morgan fingerprint density at radius 1 is 1.35 bits per heavy atom. The van der Waals surface area contributed by atoms with Crippen molar-refractivity contribution >= 4 is 17.4 Å². The number of hydrogen-bond acceptors (Lipinski definition) is 3. The summed E-state index contributed by atoms with van der Waals surface area (Å²) in [6, 6.07) is 7.39. The van der Waals surface area contributed by atoms with Crippen LogP contribution in [-0.2, 0) is 11.3 Å². The number of anilines is 2. The van der Waals surface area contributed by atoms with Gasteiger partial charge in [-0.15, -0.1) is 0 Å². The van der Waals surface area contributed by atoms with Gasteiger partial charge in [0, 0.05) is 18.5 Å². The molecule has 6 nitrogen and oxygen atoms in total. The molecule has 2 aromatic rings. The third-order valence-electron chi connectivity index (χ3n) is 3.95. The number of rotatable bonds is 4. The fourth-order valence-electron chi connectivity index (χ4n) is 2.69. The summed E-state index contributed by atoms with van der Waals surface area (Å²) in [5.41, 5.74) is 2.49. The molecule has 1 aromatic heterocycles.